The first-order valence-electron chi connectivity index (χ1n) is 7.68. The van der Waals surface area contributed by atoms with Crippen LogP contribution in [0.2, 0.25) is 5.02 Å². The number of benzene rings is 1. The van der Waals surface area contributed by atoms with Crippen LogP contribution in [0, 0.1) is 0 Å². The Labute approximate surface area is 140 Å². The molecule has 7 heteroatoms. The van der Waals surface area contributed by atoms with E-state index in [0.717, 1.165) is 43.6 Å². The Bertz CT molecular complexity index is 700. The lowest BCUT2D eigenvalue weighted by molar-refractivity contribution is -0.121. The van der Waals surface area contributed by atoms with Gasteiger partial charge >= 0.3 is 0 Å². The van der Waals surface area contributed by atoms with Crippen molar-refractivity contribution in [3.63, 3.8) is 0 Å². The summed E-state index contributed by atoms with van der Waals surface area (Å²) in [6, 6.07) is 7.87. The molecule has 2 heterocycles. The average molecular weight is 334 g/mol. The maximum absolute atomic E-state index is 11.2. The summed E-state index contributed by atoms with van der Waals surface area (Å²) in [5, 5.41) is 1.82. The van der Waals surface area contributed by atoms with Crippen molar-refractivity contribution in [1.82, 2.24) is 15.3 Å². The molecule has 0 atom stereocenters. The lowest BCUT2D eigenvalue weighted by Gasteiger charge is -2.36. The van der Waals surface area contributed by atoms with E-state index in [9.17, 15) is 4.79 Å². The highest BCUT2D eigenvalue weighted by Gasteiger charge is 2.19. The largest absolute Gasteiger partial charge is 0.368 e. The molecule has 0 unspecified atom stereocenters. The summed E-state index contributed by atoms with van der Waals surface area (Å²) < 4.78 is 0. The Morgan fingerprint density at radius 1 is 1.26 bits per heavy atom. The van der Waals surface area contributed by atoms with Crippen LogP contribution in [0.3, 0.4) is 0 Å². The van der Waals surface area contributed by atoms with Gasteiger partial charge in [0.15, 0.2) is 0 Å². The smallest absolute Gasteiger partial charge is 0.235 e. The summed E-state index contributed by atoms with van der Waals surface area (Å²) in [7, 11) is 0. The highest BCUT2D eigenvalue weighted by Crippen LogP contribution is 2.28. The van der Waals surface area contributed by atoms with E-state index in [0.29, 0.717) is 11.4 Å². The molecule has 1 aliphatic rings. The molecule has 1 amide bonds. The number of pyridine rings is 1. The van der Waals surface area contributed by atoms with Crippen molar-refractivity contribution in [1.29, 1.82) is 0 Å². The van der Waals surface area contributed by atoms with E-state index in [-0.39, 0.29) is 5.91 Å². The first kappa shape index (κ1) is 16.0. The summed E-state index contributed by atoms with van der Waals surface area (Å²) in [5.41, 5.74) is 4.27. The number of hydrogen-bond acceptors (Lipinski definition) is 5. The van der Waals surface area contributed by atoms with Gasteiger partial charge in [-0.25, -0.2) is 5.84 Å². The van der Waals surface area contributed by atoms with Gasteiger partial charge in [0.05, 0.1) is 5.52 Å². The lowest BCUT2D eigenvalue weighted by atomic mass is 10.1. The number of hydrazine groups is 1. The summed E-state index contributed by atoms with van der Waals surface area (Å²) in [6.07, 6.45) is 2.26. The topological polar surface area (TPSA) is 74.5 Å². The second-order valence-electron chi connectivity index (χ2n) is 5.64. The average Bonchev–Trinajstić information content (AvgIpc) is 2.59. The van der Waals surface area contributed by atoms with Gasteiger partial charge in [0.25, 0.3) is 0 Å². The van der Waals surface area contributed by atoms with Crippen molar-refractivity contribution in [3.05, 3.63) is 35.5 Å². The highest BCUT2D eigenvalue weighted by molar-refractivity contribution is 6.31. The number of aromatic nitrogens is 1. The third-order valence-electron chi connectivity index (χ3n) is 4.21. The minimum Gasteiger partial charge on any atom is -0.368 e. The van der Waals surface area contributed by atoms with E-state index in [1.807, 2.05) is 30.5 Å². The van der Waals surface area contributed by atoms with Crippen molar-refractivity contribution in [2.45, 2.75) is 6.42 Å². The molecular weight excluding hydrogens is 314 g/mol. The number of carbonyl (C=O) groups is 1. The van der Waals surface area contributed by atoms with Crippen LogP contribution in [0.5, 0.6) is 0 Å². The third-order valence-corrected chi connectivity index (χ3v) is 4.45. The molecule has 122 valence electrons. The molecule has 0 bridgehead atoms. The SMILES string of the molecule is NNC(=O)CCN1CCN(c2ccnc3cc(Cl)ccc23)CC1. The van der Waals surface area contributed by atoms with Crippen LogP contribution in [0.4, 0.5) is 5.69 Å². The van der Waals surface area contributed by atoms with Crippen molar-refractivity contribution in [3.8, 4) is 0 Å². The van der Waals surface area contributed by atoms with Crippen LogP contribution in [0.15, 0.2) is 30.5 Å². The van der Waals surface area contributed by atoms with Gasteiger partial charge < -0.3 is 4.90 Å². The predicted molar refractivity (Wildman–Crippen MR) is 92.4 cm³/mol. The zero-order valence-electron chi connectivity index (χ0n) is 12.8. The third kappa shape index (κ3) is 3.72. The zero-order chi connectivity index (χ0) is 16.2. The first-order valence-corrected chi connectivity index (χ1v) is 8.06. The number of fused-ring (bicyclic) bond motifs is 1. The highest BCUT2D eigenvalue weighted by atomic mass is 35.5. The molecule has 0 aliphatic carbocycles. The van der Waals surface area contributed by atoms with Crippen molar-refractivity contribution < 1.29 is 4.79 Å². The van der Waals surface area contributed by atoms with Gasteiger partial charge in [-0.1, -0.05) is 11.6 Å². The molecule has 1 saturated heterocycles. The van der Waals surface area contributed by atoms with Crippen LogP contribution in [0.25, 0.3) is 10.9 Å². The Hall–Kier alpha value is -1.89. The van der Waals surface area contributed by atoms with E-state index >= 15 is 0 Å². The maximum Gasteiger partial charge on any atom is 0.235 e. The molecule has 3 rings (SSSR count). The fraction of sp³-hybridized carbons (Fsp3) is 0.375. The monoisotopic (exact) mass is 333 g/mol. The number of halogens is 1. The Balaban J connectivity index is 1.67. The number of hydrogen-bond donors (Lipinski definition) is 2. The molecule has 1 aromatic heterocycles. The van der Waals surface area contributed by atoms with E-state index in [4.69, 9.17) is 17.4 Å². The number of nitrogens with one attached hydrogen (secondary N) is 1. The fourth-order valence-electron chi connectivity index (χ4n) is 2.93. The zero-order valence-corrected chi connectivity index (χ0v) is 13.6. The molecule has 2 aromatic rings. The molecule has 1 aromatic carbocycles. The molecule has 1 aliphatic heterocycles. The second kappa shape index (κ2) is 7.12. The van der Waals surface area contributed by atoms with Gasteiger partial charge in [0.2, 0.25) is 5.91 Å². The standard InChI is InChI=1S/C16H20ClN5O/c17-12-1-2-13-14(11-12)19-5-3-15(13)22-9-7-21(8-10-22)6-4-16(23)20-18/h1-3,5,11H,4,6-10,18H2,(H,20,23). The van der Waals surface area contributed by atoms with Crippen molar-refractivity contribution in [2.24, 2.45) is 5.84 Å². The Morgan fingerprint density at radius 2 is 2.04 bits per heavy atom. The molecule has 0 spiro atoms. The van der Waals surface area contributed by atoms with Gasteiger partial charge in [-0.2, -0.15) is 0 Å². The van der Waals surface area contributed by atoms with Crippen molar-refractivity contribution >= 4 is 34.1 Å². The van der Waals surface area contributed by atoms with E-state index in [1.165, 1.54) is 5.69 Å². The Kier molecular flexibility index (Phi) is 4.95. The predicted octanol–water partition coefficient (Wildman–Crippen LogP) is 1.39. The molecule has 1 fully saturated rings. The van der Waals surface area contributed by atoms with Crippen LogP contribution in [0.1, 0.15) is 6.42 Å². The second-order valence-corrected chi connectivity index (χ2v) is 6.07. The van der Waals surface area contributed by atoms with E-state index in [1.54, 1.807) is 0 Å². The number of nitrogens with zero attached hydrogens (tertiary/aromatic N) is 3. The summed E-state index contributed by atoms with van der Waals surface area (Å²) in [6.45, 7) is 4.44. The van der Waals surface area contributed by atoms with Gasteiger partial charge in [-0.05, 0) is 24.3 Å². The van der Waals surface area contributed by atoms with Gasteiger partial charge in [-0.15, -0.1) is 0 Å². The molecule has 3 N–H and O–H groups in total. The lowest BCUT2D eigenvalue weighted by Crippen LogP contribution is -2.47. The quantitative estimate of drug-likeness (QED) is 0.502. The number of carbonyl (C=O) groups excluding carboxylic acids is 1. The van der Waals surface area contributed by atoms with E-state index < -0.39 is 0 Å². The number of rotatable bonds is 4. The molecular formula is C16H20ClN5O. The van der Waals surface area contributed by atoms with Gasteiger partial charge in [-0.3, -0.25) is 20.1 Å². The van der Waals surface area contributed by atoms with Crippen LogP contribution < -0.4 is 16.2 Å². The summed E-state index contributed by atoms with van der Waals surface area (Å²) in [5.74, 6) is 4.99. The number of amides is 1. The summed E-state index contributed by atoms with van der Waals surface area (Å²) in [4.78, 5) is 20.3. The van der Waals surface area contributed by atoms with Crippen LogP contribution >= 0.6 is 11.6 Å². The molecule has 0 radical (unpaired) electrons. The van der Waals surface area contributed by atoms with Crippen LogP contribution in [-0.2, 0) is 4.79 Å². The Morgan fingerprint density at radius 3 is 2.78 bits per heavy atom. The van der Waals surface area contributed by atoms with Gasteiger partial charge in [0.1, 0.15) is 0 Å². The number of anilines is 1. The van der Waals surface area contributed by atoms with Gasteiger partial charge in [0, 0.05) is 61.4 Å². The molecule has 23 heavy (non-hydrogen) atoms. The normalized spacial score (nSPS) is 15.8. The molecule has 6 nitrogen and oxygen atoms in total. The van der Waals surface area contributed by atoms with E-state index in [2.05, 4.69) is 20.2 Å². The summed E-state index contributed by atoms with van der Waals surface area (Å²) >= 11 is 6.05. The minimum atomic E-state index is -0.121. The fourth-order valence-corrected chi connectivity index (χ4v) is 3.09. The first-order chi connectivity index (χ1) is 11.2. The number of piperazine rings is 1. The number of nitrogens with two attached hydrogens (primary N) is 1. The minimum absolute atomic E-state index is 0.121. The maximum atomic E-state index is 11.2. The molecule has 0 saturated carbocycles. The van der Waals surface area contributed by atoms with Crippen molar-refractivity contribution in [2.75, 3.05) is 37.6 Å². The van der Waals surface area contributed by atoms with Crippen LogP contribution in [-0.4, -0.2) is 48.5 Å².